The van der Waals surface area contributed by atoms with E-state index in [0.29, 0.717) is 6.54 Å². The molecule has 1 unspecified atom stereocenters. The molecule has 0 aliphatic heterocycles. The van der Waals surface area contributed by atoms with Crippen LogP contribution < -0.4 is 5.32 Å². The first-order valence-electron chi connectivity index (χ1n) is 6.73. The highest BCUT2D eigenvalue weighted by atomic mass is 16.4. The van der Waals surface area contributed by atoms with Crippen LogP contribution in [0.3, 0.4) is 0 Å². The monoisotopic (exact) mass is 273 g/mol. The van der Waals surface area contributed by atoms with Gasteiger partial charge < -0.3 is 5.11 Å². The normalized spacial score (nSPS) is 12.2. The fourth-order valence-corrected chi connectivity index (χ4v) is 2.06. The van der Waals surface area contributed by atoms with Crippen molar-refractivity contribution in [2.75, 3.05) is 0 Å². The molecule has 0 aliphatic rings. The zero-order chi connectivity index (χ0) is 14.4. The Balaban J connectivity index is 2.00. The molecular weight excluding hydrogens is 254 g/mol. The van der Waals surface area contributed by atoms with Gasteiger partial charge in [0, 0.05) is 24.8 Å². The molecule has 0 aliphatic carbocycles. The van der Waals surface area contributed by atoms with E-state index < -0.39 is 12.0 Å². The molecule has 2 aromatic rings. The van der Waals surface area contributed by atoms with Gasteiger partial charge in [0.15, 0.2) is 0 Å². The third-order valence-corrected chi connectivity index (χ3v) is 3.03. The predicted octanol–water partition coefficient (Wildman–Crippen LogP) is 2.21. The van der Waals surface area contributed by atoms with Crippen LogP contribution in [0.4, 0.5) is 0 Å². The molecule has 0 amide bonds. The molecule has 5 nitrogen and oxygen atoms in total. The highest BCUT2D eigenvalue weighted by molar-refractivity contribution is 5.75. The lowest BCUT2D eigenvalue weighted by Crippen LogP contribution is -2.27. The third-order valence-electron chi connectivity index (χ3n) is 3.03. The van der Waals surface area contributed by atoms with Gasteiger partial charge in [0.2, 0.25) is 0 Å². The number of carboxylic acids is 1. The lowest BCUT2D eigenvalue weighted by atomic mass is 10.1. The molecule has 2 rings (SSSR count). The number of carbonyl (C=O) groups is 1. The number of hydrogen-bond acceptors (Lipinski definition) is 3. The van der Waals surface area contributed by atoms with Crippen molar-refractivity contribution in [1.29, 1.82) is 0 Å². The summed E-state index contributed by atoms with van der Waals surface area (Å²) in [7, 11) is 0. The number of rotatable bonds is 7. The van der Waals surface area contributed by atoms with Gasteiger partial charge >= 0.3 is 5.97 Å². The summed E-state index contributed by atoms with van der Waals surface area (Å²) in [6.45, 7) is 3.45. The van der Waals surface area contributed by atoms with E-state index >= 15 is 0 Å². The molecule has 0 fully saturated rings. The van der Waals surface area contributed by atoms with Crippen LogP contribution in [0.2, 0.25) is 0 Å². The Morgan fingerprint density at radius 2 is 2.15 bits per heavy atom. The maximum Gasteiger partial charge on any atom is 0.325 e. The predicted molar refractivity (Wildman–Crippen MR) is 76.2 cm³/mol. The smallest absolute Gasteiger partial charge is 0.325 e. The van der Waals surface area contributed by atoms with Crippen molar-refractivity contribution in [1.82, 2.24) is 15.1 Å². The molecule has 0 spiro atoms. The van der Waals surface area contributed by atoms with Gasteiger partial charge in [-0.1, -0.05) is 37.3 Å². The number of carboxylic acid groups (broad SMARTS) is 1. The maximum absolute atomic E-state index is 11.3. The van der Waals surface area contributed by atoms with E-state index in [4.69, 9.17) is 0 Å². The maximum atomic E-state index is 11.3. The van der Waals surface area contributed by atoms with E-state index in [2.05, 4.69) is 17.3 Å². The van der Waals surface area contributed by atoms with Gasteiger partial charge in [0.05, 0.1) is 6.20 Å². The molecule has 1 aromatic heterocycles. The Morgan fingerprint density at radius 1 is 1.40 bits per heavy atom. The zero-order valence-electron chi connectivity index (χ0n) is 11.5. The van der Waals surface area contributed by atoms with E-state index in [1.165, 1.54) is 0 Å². The minimum absolute atomic E-state index is 0.482. The van der Waals surface area contributed by atoms with Crippen LogP contribution in [-0.4, -0.2) is 20.9 Å². The quantitative estimate of drug-likeness (QED) is 0.811. The van der Waals surface area contributed by atoms with Crippen molar-refractivity contribution < 1.29 is 9.90 Å². The standard InChI is InChI=1S/C15H19N3O2/c1-2-8-18-11-12(10-17-18)9-16-14(15(19)20)13-6-4-3-5-7-13/h3-7,10-11,14,16H,2,8-9H2,1H3,(H,19,20). The molecule has 5 heteroatoms. The van der Waals surface area contributed by atoms with Crippen LogP contribution in [0, 0.1) is 0 Å². The van der Waals surface area contributed by atoms with Crippen LogP contribution >= 0.6 is 0 Å². The van der Waals surface area contributed by atoms with Gasteiger partial charge in [-0.2, -0.15) is 5.10 Å². The topological polar surface area (TPSA) is 67.2 Å². The summed E-state index contributed by atoms with van der Waals surface area (Å²) in [5.74, 6) is -0.878. The number of aryl methyl sites for hydroxylation is 1. The molecule has 1 aromatic carbocycles. The number of nitrogens with one attached hydrogen (secondary N) is 1. The molecule has 0 saturated carbocycles. The first-order chi connectivity index (χ1) is 9.70. The number of aliphatic carboxylic acids is 1. The average Bonchev–Trinajstić information content (AvgIpc) is 2.88. The molecule has 2 N–H and O–H groups in total. The third kappa shape index (κ3) is 3.68. The fraction of sp³-hybridized carbons (Fsp3) is 0.333. The molecule has 1 atom stereocenters. The fourth-order valence-electron chi connectivity index (χ4n) is 2.06. The first kappa shape index (κ1) is 14.3. The lowest BCUT2D eigenvalue weighted by molar-refractivity contribution is -0.139. The lowest BCUT2D eigenvalue weighted by Gasteiger charge is -2.14. The second-order valence-corrected chi connectivity index (χ2v) is 4.67. The van der Waals surface area contributed by atoms with Crippen LogP contribution in [-0.2, 0) is 17.9 Å². The number of benzene rings is 1. The molecule has 0 radical (unpaired) electrons. The summed E-state index contributed by atoms with van der Waals surface area (Å²) in [6, 6.07) is 8.47. The van der Waals surface area contributed by atoms with Gasteiger partial charge in [-0.25, -0.2) is 0 Å². The van der Waals surface area contributed by atoms with E-state index in [-0.39, 0.29) is 0 Å². The van der Waals surface area contributed by atoms with Crippen LogP contribution in [0.5, 0.6) is 0 Å². The van der Waals surface area contributed by atoms with Crippen LogP contribution in [0.15, 0.2) is 42.7 Å². The van der Waals surface area contributed by atoms with Crippen molar-refractivity contribution >= 4 is 5.97 Å². The molecular formula is C15H19N3O2. The van der Waals surface area contributed by atoms with Crippen LogP contribution in [0.1, 0.15) is 30.5 Å². The van der Waals surface area contributed by atoms with Gasteiger partial charge in [-0.05, 0) is 12.0 Å². The van der Waals surface area contributed by atoms with Crippen molar-refractivity contribution in [3.8, 4) is 0 Å². The molecule has 1 heterocycles. The summed E-state index contributed by atoms with van der Waals surface area (Å²) in [5.41, 5.74) is 1.74. The Kier molecular flexibility index (Phi) is 4.90. The second kappa shape index (κ2) is 6.86. The molecule has 20 heavy (non-hydrogen) atoms. The Morgan fingerprint density at radius 3 is 2.80 bits per heavy atom. The van der Waals surface area contributed by atoms with E-state index in [1.807, 2.05) is 41.2 Å². The SMILES string of the molecule is CCCn1cc(CNC(C(=O)O)c2ccccc2)cn1. The second-order valence-electron chi connectivity index (χ2n) is 4.67. The molecule has 0 saturated heterocycles. The largest absolute Gasteiger partial charge is 0.480 e. The summed E-state index contributed by atoms with van der Waals surface area (Å²) in [6.07, 6.45) is 4.74. The van der Waals surface area contributed by atoms with E-state index in [9.17, 15) is 9.90 Å². The zero-order valence-corrected chi connectivity index (χ0v) is 11.5. The van der Waals surface area contributed by atoms with Crippen molar-refractivity contribution in [2.24, 2.45) is 0 Å². The van der Waals surface area contributed by atoms with Gasteiger partial charge in [0.1, 0.15) is 6.04 Å². The number of nitrogens with zero attached hydrogens (tertiary/aromatic N) is 2. The Hall–Kier alpha value is -2.14. The van der Waals surface area contributed by atoms with Crippen molar-refractivity contribution in [3.05, 3.63) is 53.9 Å². The summed E-state index contributed by atoms with van der Waals surface area (Å²) >= 11 is 0. The van der Waals surface area contributed by atoms with Gasteiger partial charge in [-0.3, -0.25) is 14.8 Å². The number of aromatic nitrogens is 2. The first-order valence-corrected chi connectivity index (χ1v) is 6.73. The van der Waals surface area contributed by atoms with Crippen LogP contribution in [0.25, 0.3) is 0 Å². The molecule has 0 bridgehead atoms. The Bertz CT molecular complexity index is 551. The summed E-state index contributed by atoms with van der Waals surface area (Å²) < 4.78 is 1.87. The van der Waals surface area contributed by atoms with Crippen molar-refractivity contribution in [3.63, 3.8) is 0 Å². The summed E-state index contributed by atoms with van der Waals surface area (Å²) in [5, 5.41) is 16.6. The highest BCUT2D eigenvalue weighted by Crippen LogP contribution is 2.13. The van der Waals surface area contributed by atoms with E-state index in [0.717, 1.165) is 24.1 Å². The van der Waals surface area contributed by atoms with Gasteiger partial charge in [-0.15, -0.1) is 0 Å². The van der Waals surface area contributed by atoms with Gasteiger partial charge in [0.25, 0.3) is 0 Å². The molecule has 106 valence electrons. The highest BCUT2D eigenvalue weighted by Gasteiger charge is 2.18. The Labute approximate surface area is 118 Å². The average molecular weight is 273 g/mol. The van der Waals surface area contributed by atoms with E-state index in [1.54, 1.807) is 6.20 Å². The minimum Gasteiger partial charge on any atom is -0.480 e. The summed E-state index contributed by atoms with van der Waals surface area (Å²) in [4.78, 5) is 11.3. The minimum atomic E-state index is -0.878. The number of hydrogen-bond donors (Lipinski definition) is 2. The van der Waals surface area contributed by atoms with Crippen molar-refractivity contribution in [2.45, 2.75) is 32.5 Å².